The zero-order valence-electron chi connectivity index (χ0n) is 15.2. The summed E-state index contributed by atoms with van der Waals surface area (Å²) in [6, 6.07) is 17.4. The van der Waals surface area contributed by atoms with E-state index in [9.17, 15) is 18.0 Å². The minimum atomic E-state index is -3.35. The third kappa shape index (κ3) is 4.23. The second-order valence-corrected chi connectivity index (χ2v) is 9.56. The van der Waals surface area contributed by atoms with Gasteiger partial charge < -0.3 is 9.64 Å². The van der Waals surface area contributed by atoms with E-state index in [1.165, 1.54) is 22.3 Å². The molecule has 0 aliphatic carbocycles. The molecule has 0 bridgehead atoms. The molecule has 4 rings (SSSR count). The number of carbonyl (C=O) groups excluding carboxylic acids is 2. The number of ether oxygens (including phenoxy) is 1. The molecule has 0 saturated heterocycles. The monoisotopic (exact) mass is 427 g/mol. The van der Waals surface area contributed by atoms with Gasteiger partial charge in [-0.3, -0.25) is 4.79 Å². The van der Waals surface area contributed by atoms with Gasteiger partial charge in [-0.2, -0.15) is 0 Å². The highest BCUT2D eigenvalue weighted by Crippen LogP contribution is 2.26. The second-order valence-electron chi connectivity index (χ2n) is 6.55. The molecule has 2 aromatic carbocycles. The van der Waals surface area contributed by atoms with Crippen LogP contribution in [0.1, 0.15) is 9.67 Å². The highest BCUT2D eigenvalue weighted by atomic mass is 32.2. The molecule has 1 unspecified atom stereocenters. The zero-order chi connectivity index (χ0) is 20.4. The van der Waals surface area contributed by atoms with Gasteiger partial charge in [0.15, 0.2) is 16.4 Å². The van der Waals surface area contributed by atoms with E-state index < -0.39 is 34.4 Å². The van der Waals surface area contributed by atoms with Gasteiger partial charge in [0.1, 0.15) is 4.88 Å². The largest absolute Gasteiger partial charge is 0.451 e. The maximum absolute atomic E-state index is 12.9. The second kappa shape index (κ2) is 7.81. The average molecular weight is 428 g/mol. The Balaban J connectivity index is 1.50. The average Bonchev–Trinajstić information content (AvgIpc) is 3.30. The zero-order valence-corrected chi connectivity index (χ0v) is 16.9. The minimum Gasteiger partial charge on any atom is -0.451 e. The summed E-state index contributed by atoms with van der Waals surface area (Å²) >= 11 is 1.30. The van der Waals surface area contributed by atoms with Crippen LogP contribution in [-0.4, -0.2) is 38.7 Å². The normalized spacial score (nSPS) is 17.3. The van der Waals surface area contributed by atoms with E-state index >= 15 is 0 Å². The Bertz CT molecular complexity index is 1170. The topological polar surface area (TPSA) is 80.8 Å². The summed E-state index contributed by atoms with van der Waals surface area (Å²) in [4.78, 5) is 27.1. The van der Waals surface area contributed by atoms with Crippen LogP contribution in [0, 0.1) is 0 Å². The lowest BCUT2D eigenvalue weighted by Crippen LogP contribution is -2.43. The number of hydrogen-bond acceptors (Lipinski definition) is 6. The van der Waals surface area contributed by atoms with Crippen molar-refractivity contribution in [1.82, 2.24) is 0 Å². The highest BCUT2D eigenvalue weighted by molar-refractivity contribution is 7.94. The molecule has 1 amide bonds. The maximum Gasteiger partial charge on any atom is 0.348 e. The lowest BCUT2D eigenvalue weighted by atomic mass is 10.2. The van der Waals surface area contributed by atoms with Crippen molar-refractivity contribution in [3.05, 3.63) is 77.0 Å². The molecule has 6 nitrogen and oxygen atoms in total. The summed E-state index contributed by atoms with van der Waals surface area (Å²) in [7, 11) is -3.35. The van der Waals surface area contributed by atoms with Crippen molar-refractivity contribution in [2.45, 2.75) is 6.04 Å². The van der Waals surface area contributed by atoms with Crippen LogP contribution in [0.5, 0.6) is 0 Å². The van der Waals surface area contributed by atoms with Gasteiger partial charge in [0.25, 0.3) is 5.91 Å². The van der Waals surface area contributed by atoms with Gasteiger partial charge in [-0.05, 0) is 35.7 Å². The van der Waals surface area contributed by atoms with Crippen LogP contribution < -0.4 is 4.90 Å². The van der Waals surface area contributed by atoms with Crippen molar-refractivity contribution in [3.8, 4) is 0 Å². The first-order valence-corrected chi connectivity index (χ1v) is 11.4. The molecule has 0 radical (unpaired) electrons. The van der Waals surface area contributed by atoms with Crippen molar-refractivity contribution in [2.24, 2.45) is 0 Å². The number of fused-ring (bicyclic) bond motifs is 1. The third-order valence-corrected chi connectivity index (χ3v) is 6.97. The molecule has 0 saturated carbocycles. The lowest BCUT2D eigenvalue weighted by molar-refractivity contribution is -0.121. The molecule has 1 aromatic heterocycles. The van der Waals surface area contributed by atoms with Gasteiger partial charge >= 0.3 is 5.97 Å². The number of sulfone groups is 1. The van der Waals surface area contributed by atoms with E-state index in [0.29, 0.717) is 10.6 Å². The Labute approximate surface area is 171 Å². The van der Waals surface area contributed by atoms with E-state index in [-0.39, 0.29) is 5.75 Å². The van der Waals surface area contributed by atoms with E-state index in [0.717, 1.165) is 15.5 Å². The maximum atomic E-state index is 12.9. The number of carbonyl (C=O) groups is 2. The van der Waals surface area contributed by atoms with Gasteiger partial charge in [-0.25, -0.2) is 13.2 Å². The van der Waals surface area contributed by atoms with Crippen LogP contribution in [0.3, 0.4) is 0 Å². The van der Waals surface area contributed by atoms with Gasteiger partial charge in [0, 0.05) is 15.8 Å². The van der Waals surface area contributed by atoms with Gasteiger partial charge in [-0.15, -0.1) is 11.3 Å². The first-order valence-electron chi connectivity index (χ1n) is 8.87. The molecule has 1 atom stereocenters. The minimum absolute atomic E-state index is 0.197. The summed E-state index contributed by atoms with van der Waals surface area (Å²) < 4.78 is 29.9. The van der Waals surface area contributed by atoms with E-state index in [1.54, 1.807) is 36.4 Å². The number of nitrogens with zero attached hydrogens (tertiary/aromatic N) is 1. The lowest BCUT2D eigenvalue weighted by Gasteiger charge is -2.27. The van der Waals surface area contributed by atoms with Gasteiger partial charge in [0.2, 0.25) is 0 Å². The van der Waals surface area contributed by atoms with Gasteiger partial charge in [-0.1, -0.05) is 36.4 Å². The van der Waals surface area contributed by atoms with E-state index in [2.05, 4.69) is 0 Å². The Kier molecular flexibility index (Phi) is 5.21. The Morgan fingerprint density at radius 2 is 1.79 bits per heavy atom. The first-order chi connectivity index (χ1) is 13.9. The SMILES string of the molecule is O=C(OCC(=O)N(c1ccccc1)C1C=CS(=O)(=O)C1)c1cc2ccccc2s1. The quantitative estimate of drug-likeness (QED) is 0.583. The van der Waals surface area contributed by atoms with E-state index in [4.69, 9.17) is 4.74 Å². The van der Waals surface area contributed by atoms with Crippen molar-refractivity contribution in [3.63, 3.8) is 0 Å². The number of benzene rings is 2. The van der Waals surface area contributed by atoms with Crippen LogP contribution in [-0.2, 0) is 19.4 Å². The molecular weight excluding hydrogens is 410 g/mol. The Morgan fingerprint density at radius 1 is 1.07 bits per heavy atom. The number of para-hydroxylation sites is 1. The molecule has 2 heterocycles. The van der Waals surface area contributed by atoms with Crippen LogP contribution in [0.15, 0.2) is 72.1 Å². The summed E-state index contributed by atoms with van der Waals surface area (Å²) in [5.74, 6) is -1.27. The molecule has 8 heteroatoms. The number of hydrogen-bond donors (Lipinski definition) is 0. The van der Waals surface area contributed by atoms with Crippen LogP contribution in [0.25, 0.3) is 10.1 Å². The fraction of sp³-hybridized carbons (Fsp3) is 0.143. The summed E-state index contributed by atoms with van der Waals surface area (Å²) in [6.45, 7) is -0.480. The molecule has 148 valence electrons. The molecule has 0 N–H and O–H groups in total. The number of thiophene rings is 1. The number of amides is 1. The van der Waals surface area contributed by atoms with Crippen LogP contribution >= 0.6 is 11.3 Å². The summed E-state index contributed by atoms with van der Waals surface area (Å²) in [5, 5.41) is 2.05. The fourth-order valence-corrected chi connectivity index (χ4v) is 5.40. The Morgan fingerprint density at radius 3 is 2.48 bits per heavy atom. The first kappa shape index (κ1) is 19.4. The molecule has 0 fully saturated rings. The molecule has 1 aliphatic heterocycles. The third-order valence-electron chi connectivity index (χ3n) is 4.50. The predicted molar refractivity (Wildman–Crippen MR) is 113 cm³/mol. The molecule has 0 spiro atoms. The highest BCUT2D eigenvalue weighted by Gasteiger charge is 2.32. The van der Waals surface area contributed by atoms with Crippen molar-refractivity contribution < 1.29 is 22.7 Å². The predicted octanol–water partition coefficient (Wildman–Crippen LogP) is 3.40. The number of rotatable bonds is 5. The number of esters is 1. The van der Waals surface area contributed by atoms with Crippen molar-refractivity contribution in [2.75, 3.05) is 17.3 Å². The van der Waals surface area contributed by atoms with Crippen molar-refractivity contribution >= 4 is 48.8 Å². The molecule has 1 aliphatic rings. The van der Waals surface area contributed by atoms with Crippen LogP contribution in [0.4, 0.5) is 5.69 Å². The number of anilines is 1. The fourth-order valence-electron chi connectivity index (χ4n) is 3.18. The molecule has 29 heavy (non-hydrogen) atoms. The molecule has 3 aromatic rings. The van der Waals surface area contributed by atoms with Gasteiger partial charge in [0.05, 0.1) is 11.8 Å². The summed E-state index contributed by atoms with van der Waals surface area (Å²) in [6.07, 6.45) is 1.48. The smallest absolute Gasteiger partial charge is 0.348 e. The van der Waals surface area contributed by atoms with Crippen molar-refractivity contribution in [1.29, 1.82) is 0 Å². The Hall–Kier alpha value is -2.97. The standard InChI is InChI=1S/C21H17NO5S2/c23-20(13-27-21(24)19-12-15-6-4-5-9-18(15)28-19)22(16-7-2-1-3-8-16)17-10-11-29(25,26)14-17/h1-12,17H,13-14H2. The molecular formula is C21H17NO5S2. The summed E-state index contributed by atoms with van der Waals surface area (Å²) in [5.41, 5.74) is 0.544. The van der Waals surface area contributed by atoms with E-state index in [1.807, 2.05) is 24.3 Å². The van der Waals surface area contributed by atoms with Crippen LogP contribution in [0.2, 0.25) is 0 Å².